The second-order valence-corrected chi connectivity index (χ2v) is 8.13. The highest BCUT2D eigenvalue weighted by Gasteiger charge is 2.31. The van der Waals surface area contributed by atoms with E-state index in [2.05, 4.69) is 9.97 Å². The van der Waals surface area contributed by atoms with E-state index in [4.69, 9.17) is 5.73 Å². The first-order valence-corrected chi connectivity index (χ1v) is 9.57. The molecule has 3 N–H and O–H groups in total. The zero-order chi connectivity index (χ0) is 19.3. The molecule has 4 rings (SSSR count). The molecule has 0 radical (unpaired) electrons. The van der Waals surface area contributed by atoms with Crippen LogP contribution in [0.4, 0.5) is 0 Å². The van der Waals surface area contributed by atoms with E-state index in [-0.39, 0.29) is 48.1 Å². The van der Waals surface area contributed by atoms with Gasteiger partial charge in [0.1, 0.15) is 0 Å². The number of pyridine rings is 1. The van der Waals surface area contributed by atoms with Crippen molar-refractivity contribution in [2.75, 3.05) is 13.1 Å². The molecule has 0 aromatic carbocycles. The fourth-order valence-corrected chi connectivity index (χ4v) is 3.73. The highest BCUT2D eigenvalue weighted by Crippen LogP contribution is 2.40. The molecule has 2 fully saturated rings. The van der Waals surface area contributed by atoms with Gasteiger partial charge in [-0.05, 0) is 31.2 Å². The predicted octanol–water partition coefficient (Wildman–Crippen LogP) is 1.64. The van der Waals surface area contributed by atoms with E-state index in [1.165, 1.54) is 4.57 Å². The van der Waals surface area contributed by atoms with Crippen molar-refractivity contribution in [2.24, 2.45) is 11.7 Å². The molecule has 2 aromatic rings. The summed E-state index contributed by atoms with van der Waals surface area (Å²) in [6, 6.07) is 1.70. The number of nitrogens with two attached hydrogens (primary N) is 1. The molecular weight excluding hydrogens is 417 g/mol. The van der Waals surface area contributed by atoms with Gasteiger partial charge in [0, 0.05) is 37.3 Å². The van der Waals surface area contributed by atoms with Crippen LogP contribution in [0.25, 0.3) is 11.0 Å². The van der Waals surface area contributed by atoms with E-state index in [0.717, 1.165) is 25.0 Å². The van der Waals surface area contributed by atoms with Gasteiger partial charge in [-0.2, -0.15) is 0 Å². The first-order chi connectivity index (χ1) is 12.8. The Morgan fingerprint density at radius 3 is 2.52 bits per heavy atom. The third kappa shape index (κ3) is 4.49. The summed E-state index contributed by atoms with van der Waals surface area (Å²) in [4.78, 5) is 46.9. The van der Waals surface area contributed by atoms with E-state index in [9.17, 15) is 14.4 Å². The molecular formula is C19H27Cl2N5O3. The second kappa shape index (κ2) is 8.85. The van der Waals surface area contributed by atoms with Crippen molar-refractivity contribution in [1.29, 1.82) is 0 Å². The Balaban J connectivity index is 0.00000150. The molecule has 8 nitrogen and oxygen atoms in total. The normalized spacial score (nSPS) is 18.6. The third-order valence-corrected chi connectivity index (χ3v) is 5.25. The number of amides is 1. The Morgan fingerprint density at radius 2 is 1.97 bits per heavy atom. The summed E-state index contributed by atoms with van der Waals surface area (Å²) in [6.45, 7) is 5.46. The number of rotatable bonds is 4. The fraction of sp³-hybridized carbons (Fsp3) is 0.579. The van der Waals surface area contributed by atoms with Crippen molar-refractivity contribution in [2.45, 2.75) is 51.6 Å². The molecule has 1 aliphatic heterocycles. The summed E-state index contributed by atoms with van der Waals surface area (Å²) in [5.41, 5.74) is 6.34. The molecule has 160 valence electrons. The number of nitrogens with zero attached hydrogens (tertiary/aromatic N) is 3. The van der Waals surface area contributed by atoms with Gasteiger partial charge in [-0.15, -0.1) is 24.8 Å². The van der Waals surface area contributed by atoms with Crippen LogP contribution in [-0.4, -0.2) is 44.5 Å². The number of aromatic amines is 1. The lowest BCUT2D eigenvalue weighted by molar-refractivity contribution is 0.0792. The van der Waals surface area contributed by atoms with E-state index < -0.39 is 11.2 Å². The van der Waals surface area contributed by atoms with Gasteiger partial charge in [0.05, 0.1) is 10.9 Å². The topological polar surface area (TPSA) is 114 Å². The fourth-order valence-electron chi connectivity index (χ4n) is 3.73. The van der Waals surface area contributed by atoms with Gasteiger partial charge < -0.3 is 10.6 Å². The van der Waals surface area contributed by atoms with Gasteiger partial charge in [-0.1, -0.05) is 13.8 Å². The second-order valence-electron chi connectivity index (χ2n) is 8.13. The Labute approximate surface area is 180 Å². The van der Waals surface area contributed by atoms with Crippen molar-refractivity contribution < 1.29 is 4.79 Å². The number of aromatic nitrogens is 3. The summed E-state index contributed by atoms with van der Waals surface area (Å²) in [7, 11) is 0. The van der Waals surface area contributed by atoms with Gasteiger partial charge in [0.25, 0.3) is 11.5 Å². The zero-order valence-electron chi connectivity index (χ0n) is 16.5. The van der Waals surface area contributed by atoms with Crippen LogP contribution in [0.5, 0.6) is 0 Å². The SMILES string of the molecule is CC(C)Cn1c(=O)[nH]c(=O)c2c(C(=O)N3CC[C@@H](N)C3)cc(C3CC3)nc21.Cl.Cl. The molecule has 2 aromatic heterocycles. The summed E-state index contributed by atoms with van der Waals surface area (Å²) in [5.74, 6) is 0.278. The number of H-pyrrole nitrogens is 1. The van der Waals surface area contributed by atoms with Gasteiger partial charge in [0.15, 0.2) is 5.65 Å². The van der Waals surface area contributed by atoms with Crippen LogP contribution in [0.15, 0.2) is 15.7 Å². The van der Waals surface area contributed by atoms with Crippen LogP contribution < -0.4 is 17.0 Å². The van der Waals surface area contributed by atoms with E-state index in [0.29, 0.717) is 36.8 Å². The maximum Gasteiger partial charge on any atom is 0.330 e. The Bertz CT molecular complexity index is 1030. The van der Waals surface area contributed by atoms with E-state index >= 15 is 0 Å². The quantitative estimate of drug-likeness (QED) is 0.744. The molecule has 1 aliphatic carbocycles. The third-order valence-electron chi connectivity index (χ3n) is 5.25. The molecule has 0 bridgehead atoms. The maximum absolute atomic E-state index is 13.2. The van der Waals surface area contributed by atoms with Crippen LogP contribution in [-0.2, 0) is 6.54 Å². The number of likely N-dealkylation sites (tertiary alicyclic amines) is 1. The van der Waals surface area contributed by atoms with Crippen molar-refractivity contribution in [3.63, 3.8) is 0 Å². The molecule has 1 atom stereocenters. The minimum Gasteiger partial charge on any atom is -0.337 e. The minimum atomic E-state index is -0.559. The van der Waals surface area contributed by atoms with Crippen molar-refractivity contribution >= 4 is 41.8 Å². The monoisotopic (exact) mass is 443 g/mol. The molecule has 29 heavy (non-hydrogen) atoms. The Kier molecular flexibility index (Phi) is 7.14. The van der Waals surface area contributed by atoms with Crippen LogP contribution in [0, 0.1) is 5.92 Å². The molecule has 1 saturated heterocycles. The summed E-state index contributed by atoms with van der Waals surface area (Å²) < 4.78 is 1.49. The standard InChI is InChI=1S/C19H25N5O3.2ClH/c1-10(2)8-24-16-15(17(25)22-19(24)27)13(7-14(21-16)11-3-4-11)18(26)23-6-5-12(20)9-23;;/h7,10-12H,3-6,8-9,20H2,1-2H3,(H,22,25,27);2*1H/t12-;;/m1../s1. The number of hydrogen-bond donors (Lipinski definition) is 2. The van der Waals surface area contributed by atoms with Gasteiger partial charge in [-0.25, -0.2) is 9.78 Å². The molecule has 2 aliphatic rings. The number of carbonyl (C=O) groups is 1. The number of halogens is 2. The van der Waals surface area contributed by atoms with Crippen LogP contribution in [0.3, 0.4) is 0 Å². The van der Waals surface area contributed by atoms with Crippen LogP contribution >= 0.6 is 24.8 Å². The Morgan fingerprint density at radius 1 is 1.28 bits per heavy atom. The largest absolute Gasteiger partial charge is 0.337 e. The zero-order valence-corrected chi connectivity index (χ0v) is 18.1. The lowest BCUT2D eigenvalue weighted by Gasteiger charge is -2.19. The van der Waals surface area contributed by atoms with Gasteiger partial charge in [0.2, 0.25) is 0 Å². The maximum atomic E-state index is 13.2. The summed E-state index contributed by atoms with van der Waals surface area (Å²) in [5, 5.41) is 0.199. The number of fused-ring (bicyclic) bond motifs is 1. The van der Waals surface area contributed by atoms with Crippen molar-refractivity contribution in [3.05, 3.63) is 38.2 Å². The number of carbonyl (C=O) groups excluding carboxylic acids is 1. The van der Waals surface area contributed by atoms with E-state index in [1.54, 1.807) is 11.0 Å². The smallest absolute Gasteiger partial charge is 0.330 e. The average molecular weight is 444 g/mol. The molecule has 1 saturated carbocycles. The van der Waals surface area contributed by atoms with Crippen molar-refractivity contribution in [1.82, 2.24) is 19.4 Å². The van der Waals surface area contributed by atoms with Gasteiger partial charge in [-0.3, -0.25) is 19.1 Å². The summed E-state index contributed by atoms with van der Waals surface area (Å²) in [6.07, 6.45) is 2.77. The lowest BCUT2D eigenvalue weighted by Crippen LogP contribution is -2.36. The minimum absolute atomic E-state index is 0. The lowest BCUT2D eigenvalue weighted by atomic mass is 10.1. The van der Waals surface area contributed by atoms with E-state index in [1.807, 2.05) is 13.8 Å². The first-order valence-electron chi connectivity index (χ1n) is 9.57. The molecule has 0 unspecified atom stereocenters. The molecule has 10 heteroatoms. The van der Waals surface area contributed by atoms with Crippen LogP contribution in [0.2, 0.25) is 0 Å². The van der Waals surface area contributed by atoms with Crippen LogP contribution in [0.1, 0.15) is 55.1 Å². The average Bonchev–Trinajstić information content (AvgIpc) is 3.38. The highest BCUT2D eigenvalue weighted by molar-refractivity contribution is 6.05. The van der Waals surface area contributed by atoms with Crippen molar-refractivity contribution in [3.8, 4) is 0 Å². The number of hydrogen-bond acceptors (Lipinski definition) is 5. The molecule has 1 amide bonds. The predicted molar refractivity (Wildman–Crippen MR) is 116 cm³/mol. The van der Waals surface area contributed by atoms with Gasteiger partial charge >= 0.3 is 5.69 Å². The molecule has 0 spiro atoms. The first kappa shape index (κ1) is 23.4. The highest BCUT2D eigenvalue weighted by atomic mass is 35.5. The Hall–Kier alpha value is -1.90. The number of nitrogens with one attached hydrogen (secondary N) is 1. The molecule has 3 heterocycles. The summed E-state index contributed by atoms with van der Waals surface area (Å²) >= 11 is 0.